The summed E-state index contributed by atoms with van der Waals surface area (Å²) in [5, 5.41) is 2.50. The molecule has 0 spiro atoms. The summed E-state index contributed by atoms with van der Waals surface area (Å²) in [5.41, 5.74) is 0. The molecule has 0 aromatic heterocycles. The first-order chi connectivity index (χ1) is 7.42. The first kappa shape index (κ1) is 13.5. The van der Waals surface area contributed by atoms with E-state index in [0.29, 0.717) is 0 Å². The number of rotatable bonds is 3. The van der Waals surface area contributed by atoms with Gasteiger partial charge in [0.15, 0.2) is 0 Å². The van der Waals surface area contributed by atoms with Crippen LogP contribution < -0.4 is 29.5 Å². The van der Waals surface area contributed by atoms with E-state index in [-0.39, 0.29) is 20.3 Å². The zero-order valence-electron chi connectivity index (χ0n) is 10.6. The van der Waals surface area contributed by atoms with Gasteiger partial charge in [-0.15, -0.1) is 0 Å². The monoisotopic (exact) mass is 224 g/mol. The molecule has 0 heterocycles. The van der Waals surface area contributed by atoms with E-state index in [1.54, 1.807) is 7.11 Å². The van der Waals surface area contributed by atoms with E-state index >= 15 is 0 Å². The first-order valence-electron chi connectivity index (χ1n) is 4.86. The van der Waals surface area contributed by atoms with Crippen LogP contribution in [0.15, 0.2) is 60.7 Å². The molecule has 0 aliphatic carbocycles. The topological polar surface area (TPSA) is 9.23 Å². The molecule has 2 aromatic rings. The second-order valence-corrected chi connectivity index (χ2v) is 5.13. The van der Waals surface area contributed by atoms with Crippen molar-refractivity contribution in [3.05, 3.63) is 60.7 Å². The van der Waals surface area contributed by atoms with Gasteiger partial charge in [0.05, 0.1) is 8.15 Å². The van der Waals surface area contributed by atoms with Crippen LogP contribution in [0.2, 0.25) is 0 Å². The summed E-state index contributed by atoms with van der Waals surface area (Å²) in [6, 6.07) is 20.7. The molecule has 0 unspecified atom stereocenters. The number of hydrogen-bond acceptors (Lipinski definition) is 1. The third kappa shape index (κ3) is 3.21. The quantitative estimate of drug-likeness (QED) is 0.518. The Bertz CT molecular complexity index is 371. The van der Waals surface area contributed by atoms with E-state index in [9.17, 15) is 0 Å². The van der Waals surface area contributed by atoms with Gasteiger partial charge in [-0.3, -0.25) is 0 Å². The number of hydrogen-bond donors (Lipinski definition) is 0. The van der Waals surface area contributed by atoms with Gasteiger partial charge < -0.3 is 5.95 Å². The molecular weight excluding hydrogens is 210 g/mol. The minimum Gasteiger partial charge on any atom is -1.00 e. The summed E-state index contributed by atoms with van der Waals surface area (Å²) < 4.78 is 5.59. The van der Waals surface area contributed by atoms with Crippen LogP contribution in [0, 0.1) is 0 Å². The Morgan fingerprint density at radius 1 is 0.812 bits per heavy atom. The van der Waals surface area contributed by atoms with Crippen LogP contribution in [0.4, 0.5) is 0 Å². The predicted molar refractivity (Wildman–Crippen MR) is 67.2 cm³/mol. The average Bonchev–Trinajstić information content (AvgIpc) is 2.33. The smallest absolute Gasteiger partial charge is 1.00 e. The molecule has 16 heavy (non-hydrogen) atoms. The van der Waals surface area contributed by atoms with Crippen molar-refractivity contribution in [3.8, 4) is 0 Å². The van der Waals surface area contributed by atoms with Crippen molar-refractivity contribution >= 4 is 18.8 Å². The van der Waals surface area contributed by atoms with Crippen LogP contribution in [-0.2, 0) is 4.52 Å². The molecule has 0 aliphatic rings. The maximum Gasteiger partial charge on any atom is 1.00 e. The first-order valence-corrected chi connectivity index (χ1v) is 6.12. The third-order valence-electron chi connectivity index (χ3n) is 2.16. The molecule has 0 atom stereocenters. The van der Waals surface area contributed by atoms with Crippen LogP contribution in [0.3, 0.4) is 0 Å². The maximum absolute atomic E-state index is 5.59. The summed E-state index contributed by atoms with van der Waals surface area (Å²) in [6.45, 7) is 0. The largest absolute Gasteiger partial charge is 1.00 e. The van der Waals surface area contributed by atoms with Crippen molar-refractivity contribution in [2.24, 2.45) is 0 Å². The van der Waals surface area contributed by atoms with E-state index in [4.69, 9.17) is 4.52 Å². The molecular formula is C13H14LiOP. The fourth-order valence-corrected chi connectivity index (χ4v) is 3.09. The average molecular weight is 224 g/mol. The van der Waals surface area contributed by atoms with Crippen LogP contribution in [0.1, 0.15) is 1.43 Å². The van der Waals surface area contributed by atoms with Crippen LogP contribution >= 0.6 is 8.15 Å². The molecule has 0 amide bonds. The van der Waals surface area contributed by atoms with Crippen LogP contribution in [0.5, 0.6) is 0 Å². The molecule has 3 heteroatoms. The summed E-state index contributed by atoms with van der Waals surface area (Å²) in [4.78, 5) is 0. The minimum atomic E-state index is -0.649. The van der Waals surface area contributed by atoms with Gasteiger partial charge in [-0.2, -0.15) is 0 Å². The van der Waals surface area contributed by atoms with E-state index in [1.807, 2.05) is 36.4 Å². The predicted octanol–water partition coefficient (Wildman–Crippen LogP) is -0.203. The molecule has 0 radical (unpaired) electrons. The fourth-order valence-electron chi connectivity index (χ4n) is 1.49. The van der Waals surface area contributed by atoms with Crippen molar-refractivity contribution in [3.63, 3.8) is 0 Å². The zero-order valence-corrected chi connectivity index (χ0v) is 10.5. The minimum absolute atomic E-state index is 0. The zero-order chi connectivity index (χ0) is 10.5. The van der Waals surface area contributed by atoms with Gasteiger partial charge >= 0.3 is 18.9 Å². The molecule has 2 rings (SSSR count). The second kappa shape index (κ2) is 6.89. The Balaban J connectivity index is 0.00000128. The SMILES string of the molecule is COP(c1ccccc1)c1ccccc1.[H-].[Li+]. The van der Waals surface area contributed by atoms with E-state index in [1.165, 1.54) is 10.6 Å². The molecule has 0 bridgehead atoms. The Labute approximate surface area is 111 Å². The summed E-state index contributed by atoms with van der Waals surface area (Å²) in [7, 11) is 1.12. The van der Waals surface area contributed by atoms with Gasteiger partial charge in [0.25, 0.3) is 0 Å². The standard InChI is InChI=1S/C13H13OP.Li.H/c1-14-15(12-8-4-2-5-9-12)13-10-6-3-7-11-13;;/h2-11H,1H3;;/q;+1;-1. The molecule has 0 N–H and O–H groups in total. The van der Waals surface area contributed by atoms with Crippen molar-refractivity contribution in [2.45, 2.75) is 0 Å². The summed E-state index contributed by atoms with van der Waals surface area (Å²) in [5.74, 6) is 0. The van der Waals surface area contributed by atoms with Gasteiger partial charge in [-0.1, -0.05) is 60.7 Å². The third-order valence-corrected chi connectivity index (χ3v) is 4.06. The van der Waals surface area contributed by atoms with Crippen molar-refractivity contribution in [2.75, 3.05) is 7.11 Å². The normalized spacial score (nSPS) is 9.88. The molecule has 2 aromatic carbocycles. The molecule has 0 saturated heterocycles. The van der Waals surface area contributed by atoms with Crippen molar-refractivity contribution in [1.82, 2.24) is 0 Å². The van der Waals surface area contributed by atoms with Crippen LogP contribution in [-0.4, -0.2) is 7.11 Å². The van der Waals surface area contributed by atoms with Crippen LogP contribution in [0.25, 0.3) is 0 Å². The van der Waals surface area contributed by atoms with E-state index in [0.717, 1.165) is 0 Å². The van der Waals surface area contributed by atoms with Crippen molar-refractivity contribution < 1.29 is 24.8 Å². The number of benzene rings is 2. The second-order valence-electron chi connectivity index (χ2n) is 3.15. The Morgan fingerprint density at radius 3 is 1.50 bits per heavy atom. The van der Waals surface area contributed by atoms with Gasteiger partial charge in [-0.05, 0) is 0 Å². The van der Waals surface area contributed by atoms with E-state index < -0.39 is 8.15 Å². The summed E-state index contributed by atoms with van der Waals surface area (Å²) in [6.07, 6.45) is 0. The molecule has 0 aliphatic heterocycles. The van der Waals surface area contributed by atoms with Gasteiger partial charge in [0, 0.05) is 17.7 Å². The van der Waals surface area contributed by atoms with Gasteiger partial charge in [0.2, 0.25) is 0 Å². The van der Waals surface area contributed by atoms with Gasteiger partial charge in [-0.25, -0.2) is 0 Å². The fraction of sp³-hybridized carbons (Fsp3) is 0.0769. The maximum atomic E-state index is 5.59. The molecule has 78 valence electrons. The van der Waals surface area contributed by atoms with Crippen molar-refractivity contribution in [1.29, 1.82) is 0 Å². The summed E-state index contributed by atoms with van der Waals surface area (Å²) >= 11 is 0. The van der Waals surface area contributed by atoms with E-state index in [2.05, 4.69) is 24.3 Å². The van der Waals surface area contributed by atoms with Gasteiger partial charge in [0.1, 0.15) is 0 Å². The Morgan fingerprint density at radius 2 is 1.19 bits per heavy atom. The Kier molecular flexibility index (Phi) is 5.81. The molecule has 1 nitrogen and oxygen atoms in total. The molecule has 0 saturated carbocycles. The Hall–Kier alpha value is -0.573. The molecule has 0 fully saturated rings.